The van der Waals surface area contributed by atoms with E-state index >= 15 is 0 Å². The third-order valence-corrected chi connectivity index (χ3v) is 7.42. The van der Waals surface area contributed by atoms with E-state index < -0.39 is 35.5 Å². The Morgan fingerprint density at radius 2 is 2.00 bits per heavy atom. The number of aliphatic hydroxyl groups is 2. The number of hydrogen-bond donors (Lipinski definition) is 2. The first kappa shape index (κ1) is 20.0. The maximum Gasteiger partial charge on any atom is 0.303 e. The molecule has 0 heterocycles. The van der Waals surface area contributed by atoms with Crippen molar-refractivity contribution >= 4 is 17.5 Å². The predicted molar refractivity (Wildman–Crippen MR) is 105 cm³/mol. The smallest absolute Gasteiger partial charge is 0.303 e. The maximum atomic E-state index is 12.8. The van der Waals surface area contributed by atoms with Crippen LogP contribution in [-0.4, -0.2) is 46.1 Å². The van der Waals surface area contributed by atoms with E-state index in [9.17, 15) is 24.6 Å². The van der Waals surface area contributed by atoms with Crippen LogP contribution in [0, 0.1) is 16.7 Å². The number of carbonyl (C=O) groups is 3. The number of hydrogen-bond acceptors (Lipinski definition) is 6. The van der Waals surface area contributed by atoms with Crippen molar-refractivity contribution in [1.82, 2.24) is 0 Å². The SMILES string of the molecule is CC(=O)OCC(=O)[C@@]1(O)[C@H](O)C=C2C3CCC4=CC(=O)C=CC4(C)C3=CCC21C. The molecule has 0 aromatic rings. The predicted octanol–water partition coefficient (Wildman–Crippen LogP) is 1.97. The third kappa shape index (κ3) is 2.58. The van der Waals surface area contributed by atoms with Gasteiger partial charge in [0.2, 0.25) is 5.78 Å². The number of aliphatic hydroxyl groups excluding tert-OH is 1. The fourth-order valence-corrected chi connectivity index (χ4v) is 5.69. The van der Waals surface area contributed by atoms with Crippen LogP contribution in [0.5, 0.6) is 0 Å². The molecule has 0 amide bonds. The van der Waals surface area contributed by atoms with E-state index in [1.807, 2.05) is 6.08 Å². The molecule has 1 fully saturated rings. The summed E-state index contributed by atoms with van der Waals surface area (Å²) in [4.78, 5) is 35.8. The molecule has 4 aliphatic rings. The lowest BCUT2D eigenvalue weighted by atomic mass is 9.53. The van der Waals surface area contributed by atoms with Crippen LogP contribution in [0.2, 0.25) is 0 Å². The highest BCUT2D eigenvalue weighted by Gasteiger charge is 2.64. The van der Waals surface area contributed by atoms with E-state index in [1.165, 1.54) is 6.92 Å². The topological polar surface area (TPSA) is 101 Å². The first-order valence-corrected chi connectivity index (χ1v) is 9.98. The quantitative estimate of drug-likeness (QED) is 0.557. The van der Waals surface area contributed by atoms with Gasteiger partial charge in [0.1, 0.15) is 6.10 Å². The fourth-order valence-electron chi connectivity index (χ4n) is 5.69. The summed E-state index contributed by atoms with van der Waals surface area (Å²) in [5.41, 5.74) is -0.319. The average molecular weight is 398 g/mol. The van der Waals surface area contributed by atoms with Gasteiger partial charge in [-0.2, -0.15) is 0 Å². The van der Waals surface area contributed by atoms with Crippen LogP contribution in [0.15, 0.2) is 47.1 Å². The van der Waals surface area contributed by atoms with E-state index in [0.717, 1.165) is 29.6 Å². The average Bonchev–Trinajstić information content (AvgIpc) is 2.88. The van der Waals surface area contributed by atoms with Crippen molar-refractivity contribution in [3.63, 3.8) is 0 Å². The van der Waals surface area contributed by atoms with Crippen LogP contribution < -0.4 is 0 Å². The molecule has 4 aliphatic carbocycles. The highest BCUT2D eigenvalue weighted by molar-refractivity contribution is 6.01. The van der Waals surface area contributed by atoms with Crippen molar-refractivity contribution in [2.24, 2.45) is 16.7 Å². The monoisotopic (exact) mass is 398 g/mol. The van der Waals surface area contributed by atoms with Gasteiger partial charge in [-0.05, 0) is 38.3 Å². The molecule has 154 valence electrons. The zero-order valence-corrected chi connectivity index (χ0v) is 16.9. The second-order valence-electron chi connectivity index (χ2n) is 8.93. The van der Waals surface area contributed by atoms with Crippen LogP contribution in [-0.2, 0) is 19.1 Å². The van der Waals surface area contributed by atoms with Crippen molar-refractivity contribution in [3.05, 3.63) is 47.1 Å². The Bertz CT molecular complexity index is 937. The highest BCUT2D eigenvalue weighted by atomic mass is 16.5. The van der Waals surface area contributed by atoms with Gasteiger partial charge in [0.25, 0.3) is 0 Å². The minimum absolute atomic E-state index is 0.00174. The Kier molecular flexibility index (Phi) is 4.37. The van der Waals surface area contributed by atoms with Gasteiger partial charge in [0, 0.05) is 23.7 Å². The Balaban J connectivity index is 1.73. The molecule has 0 bridgehead atoms. The summed E-state index contributed by atoms with van der Waals surface area (Å²) < 4.78 is 4.81. The second kappa shape index (κ2) is 6.34. The second-order valence-corrected chi connectivity index (χ2v) is 8.93. The molecule has 0 saturated heterocycles. The number of Topliss-reactive ketones (excluding diaryl/α,β-unsaturated/α-hetero) is 1. The summed E-state index contributed by atoms with van der Waals surface area (Å²) in [5.74, 6) is -1.34. The molecule has 0 radical (unpaired) electrons. The molecular formula is C23H26O6. The number of ketones is 2. The zero-order chi connectivity index (χ0) is 21.2. The summed E-state index contributed by atoms with van der Waals surface area (Å²) in [5, 5.41) is 22.1. The Morgan fingerprint density at radius 1 is 1.28 bits per heavy atom. The molecule has 0 spiro atoms. The highest BCUT2D eigenvalue weighted by Crippen LogP contribution is 2.62. The molecule has 0 aromatic carbocycles. The van der Waals surface area contributed by atoms with Gasteiger partial charge in [0.15, 0.2) is 18.0 Å². The summed E-state index contributed by atoms with van der Waals surface area (Å²) in [6, 6.07) is 0. The number of rotatable bonds is 3. The van der Waals surface area contributed by atoms with Crippen molar-refractivity contribution < 1.29 is 29.3 Å². The van der Waals surface area contributed by atoms with Crippen LogP contribution in [0.25, 0.3) is 0 Å². The molecule has 1 saturated carbocycles. The lowest BCUT2D eigenvalue weighted by molar-refractivity contribution is -0.169. The van der Waals surface area contributed by atoms with E-state index in [1.54, 1.807) is 25.2 Å². The number of fused-ring (bicyclic) bond motifs is 5. The van der Waals surface area contributed by atoms with Crippen LogP contribution >= 0.6 is 0 Å². The van der Waals surface area contributed by atoms with Gasteiger partial charge in [-0.1, -0.05) is 41.9 Å². The first-order chi connectivity index (χ1) is 13.5. The molecule has 5 atom stereocenters. The standard InChI is InChI=1S/C23H26O6/c1-13(24)29-12-20(27)23(28)19(26)11-18-16-5-4-14-10-15(25)6-8-21(14,2)17(16)7-9-22(18,23)3/h6-8,10-11,16,19,26,28H,4-5,9,12H2,1-3H3/t16?,19-,21?,22?,23+/m1/s1. The molecule has 6 heteroatoms. The summed E-state index contributed by atoms with van der Waals surface area (Å²) in [6.45, 7) is 4.50. The molecule has 29 heavy (non-hydrogen) atoms. The van der Waals surface area contributed by atoms with Gasteiger partial charge in [-0.25, -0.2) is 0 Å². The molecule has 4 rings (SSSR count). The lowest BCUT2D eigenvalue weighted by Crippen LogP contribution is -2.59. The van der Waals surface area contributed by atoms with E-state index in [2.05, 4.69) is 13.0 Å². The fraction of sp³-hybridized carbons (Fsp3) is 0.522. The molecular weight excluding hydrogens is 372 g/mol. The molecule has 3 unspecified atom stereocenters. The first-order valence-electron chi connectivity index (χ1n) is 9.98. The number of esters is 1. The largest absolute Gasteiger partial charge is 0.458 e. The van der Waals surface area contributed by atoms with Crippen molar-refractivity contribution in [2.75, 3.05) is 6.61 Å². The van der Waals surface area contributed by atoms with E-state index in [-0.39, 0.29) is 17.1 Å². The lowest BCUT2D eigenvalue weighted by Gasteiger charge is -2.51. The Labute approximate surface area is 169 Å². The van der Waals surface area contributed by atoms with Crippen LogP contribution in [0.4, 0.5) is 0 Å². The van der Waals surface area contributed by atoms with Crippen molar-refractivity contribution in [2.45, 2.75) is 51.7 Å². The van der Waals surface area contributed by atoms with E-state index in [0.29, 0.717) is 6.42 Å². The van der Waals surface area contributed by atoms with Gasteiger partial charge >= 0.3 is 5.97 Å². The van der Waals surface area contributed by atoms with Crippen LogP contribution in [0.3, 0.4) is 0 Å². The Hall–Kier alpha value is -2.31. The van der Waals surface area contributed by atoms with Gasteiger partial charge in [0.05, 0.1) is 0 Å². The van der Waals surface area contributed by atoms with Gasteiger partial charge in [-0.3, -0.25) is 14.4 Å². The molecule has 6 nitrogen and oxygen atoms in total. The van der Waals surface area contributed by atoms with Gasteiger partial charge in [-0.15, -0.1) is 0 Å². The summed E-state index contributed by atoms with van der Waals surface area (Å²) in [7, 11) is 0. The number of carbonyl (C=O) groups excluding carboxylic acids is 3. The Morgan fingerprint density at radius 3 is 2.69 bits per heavy atom. The molecule has 0 aliphatic heterocycles. The maximum absolute atomic E-state index is 12.8. The normalized spacial score (nSPS) is 40.2. The summed E-state index contributed by atoms with van der Waals surface area (Å²) >= 11 is 0. The van der Waals surface area contributed by atoms with E-state index in [4.69, 9.17) is 4.74 Å². The number of allylic oxidation sites excluding steroid dienone is 6. The third-order valence-electron chi connectivity index (χ3n) is 7.42. The zero-order valence-electron chi connectivity index (χ0n) is 16.9. The molecule has 2 N–H and O–H groups in total. The minimum Gasteiger partial charge on any atom is -0.458 e. The molecule has 0 aromatic heterocycles. The van der Waals surface area contributed by atoms with Gasteiger partial charge < -0.3 is 14.9 Å². The minimum atomic E-state index is -2.05. The summed E-state index contributed by atoms with van der Waals surface area (Å²) in [6.07, 6.45) is 9.39. The van der Waals surface area contributed by atoms with Crippen molar-refractivity contribution in [3.8, 4) is 0 Å². The number of ether oxygens (including phenoxy) is 1. The van der Waals surface area contributed by atoms with Crippen molar-refractivity contribution in [1.29, 1.82) is 0 Å². The van der Waals surface area contributed by atoms with Crippen LogP contribution in [0.1, 0.15) is 40.0 Å².